The van der Waals surface area contributed by atoms with Crippen LogP contribution in [0.25, 0.3) is 0 Å². The molecule has 0 fully saturated rings. The van der Waals surface area contributed by atoms with E-state index in [0.717, 1.165) is 5.56 Å². The summed E-state index contributed by atoms with van der Waals surface area (Å²) in [5.74, 6) is 0. The minimum atomic E-state index is -0.101. The summed E-state index contributed by atoms with van der Waals surface area (Å²) in [5, 5.41) is 6.56. The molecule has 0 amide bonds. The van der Waals surface area contributed by atoms with Crippen molar-refractivity contribution in [1.29, 1.82) is 0 Å². The zero-order chi connectivity index (χ0) is 7.52. The van der Waals surface area contributed by atoms with E-state index in [1.165, 1.54) is 0 Å². The standard InChI is InChI=1S/C8H8N2O/c1-2-4-7(5-3-1)8-9-6-10-11-8/h1-6,8H,(H,9,10). The quantitative estimate of drug-likeness (QED) is 0.650. The Morgan fingerprint density at radius 1 is 1.27 bits per heavy atom. The van der Waals surface area contributed by atoms with Gasteiger partial charge in [0.25, 0.3) is 0 Å². The van der Waals surface area contributed by atoms with Crippen molar-refractivity contribution in [3.05, 3.63) is 35.9 Å². The summed E-state index contributed by atoms with van der Waals surface area (Å²) in [4.78, 5) is 5.00. The lowest BCUT2D eigenvalue weighted by Crippen LogP contribution is -2.13. The number of hydrogen-bond acceptors (Lipinski definition) is 3. The van der Waals surface area contributed by atoms with Crippen LogP contribution >= 0.6 is 0 Å². The summed E-state index contributed by atoms with van der Waals surface area (Å²) in [7, 11) is 0. The van der Waals surface area contributed by atoms with Crippen molar-refractivity contribution >= 4 is 6.34 Å². The number of nitrogens with one attached hydrogen (secondary N) is 1. The summed E-state index contributed by atoms with van der Waals surface area (Å²) in [6.07, 6.45) is 1.45. The molecule has 2 rings (SSSR count). The van der Waals surface area contributed by atoms with Crippen molar-refractivity contribution in [3.63, 3.8) is 0 Å². The van der Waals surface area contributed by atoms with Crippen LogP contribution in [0.4, 0.5) is 0 Å². The predicted octanol–water partition coefficient (Wildman–Crippen LogP) is 1.25. The average molecular weight is 148 g/mol. The van der Waals surface area contributed by atoms with Crippen LogP contribution < -0.4 is 5.32 Å². The Hall–Kier alpha value is -1.51. The molecule has 1 atom stereocenters. The maximum Gasteiger partial charge on any atom is 0.224 e. The first-order valence-corrected chi connectivity index (χ1v) is 3.45. The molecule has 0 saturated carbocycles. The van der Waals surface area contributed by atoms with Crippen LogP contribution in [-0.2, 0) is 4.84 Å². The van der Waals surface area contributed by atoms with Crippen molar-refractivity contribution in [1.82, 2.24) is 5.32 Å². The van der Waals surface area contributed by atoms with Gasteiger partial charge in [0.1, 0.15) is 6.34 Å². The van der Waals surface area contributed by atoms with Gasteiger partial charge in [0, 0.05) is 5.56 Å². The monoisotopic (exact) mass is 148 g/mol. The third-order valence-corrected chi connectivity index (χ3v) is 1.55. The fraction of sp³-hybridized carbons (Fsp3) is 0.125. The second-order valence-electron chi connectivity index (χ2n) is 2.30. The molecule has 1 unspecified atom stereocenters. The molecular formula is C8H8N2O. The molecule has 0 bridgehead atoms. The Kier molecular flexibility index (Phi) is 1.48. The van der Waals surface area contributed by atoms with Crippen LogP contribution in [0.15, 0.2) is 35.5 Å². The van der Waals surface area contributed by atoms with E-state index in [0.29, 0.717) is 0 Å². The zero-order valence-corrected chi connectivity index (χ0v) is 5.90. The van der Waals surface area contributed by atoms with Gasteiger partial charge in [-0.3, -0.25) is 0 Å². The topological polar surface area (TPSA) is 33.6 Å². The van der Waals surface area contributed by atoms with Gasteiger partial charge < -0.3 is 10.2 Å². The van der Waals surface area contributed by atoms with Crippen LogP contribution in [0.3, 0.4) is 0 Å². The molecule has 3 heteroatoms. The molecule has 3 nitrogen and oxygen atoms in total. The summed E-state index contributed by atoms with van der Waals surface area (Å²) in [5.41, 5.74) is 1.09. The van der Waals surface area contributed by atoms with Gasteiger partial charge in [-0.25, -0.2) is 0 Å². The normalized spacial score (nSPS) is 20.9. The second kappa shape index (κ2) is 2.62. The highest BCUT2D eigenvalue weighted by Gasteiger charge is 2.12. The fourth-order valence-electron chi connectivity index (χ4n) is 1.00. The smallest absolute Gasteiger partial charge is 0.224 e. The van der Waals surface area contributed by atoms with Gasteiger partial charge >= 0.3 is 0 Å². The third kappa shape index (κ3) is 1.17. The maximum atomic E-state index is 5.00. The Labute approximate surface area is 64.7 Å². The van der Waals surface area contributed by atoms with E-state index in [1.54, 1.807) is 6.34 Å². The van der Waals surface area contributed by atoms with Crippen LogP contribution in [0.1, 0.15) is 11.8 Å². The van der Waals surface area contributed by atoms with Gasteiger partial charge in [0.2, 0.25) is 6.23 Å². The number of benzene rings is 1. The lowest BCUT2D eigenvalue weighted by atomic mass is 10.2. The van der Waals surface area contributed by atoms with Crippen LogP contribution in [0, 0.1) is 0 Å². The largest absolute Gasteiger partial charge is 0.364 e. The first kappa shape index (κ1) is 6.22. The second-order valence-corrected chi connectivity index (χ2v) is 2.30. The van der Waals surface area contributed by atoms with E-state index in [1.807, 2.05) is 30.3 Å². The number of nitrogens with zero attached hydrogens (tertiary/aromatic N) is 1. The maximum absolute atomic E-state index is 5.00. The van der Waals surface area contributed by atoms with E-state index < -0.39 is 0 Å². The van der Waals surface area contributed by atoms with E-state index in [4.69, 9.17) is 4.84 Å². The molecule has 1 aliphatic rings. The van der Waals surface area contributed by atoms with Crippen molar-refractivity contribution in [2.24, 2.45) is 5.16 Å². The van der Waals surface area contributed by atoms with E-state index in [2.05, 4.69) is 10.5 Å². The Bertz CT molecular complexity index is 250. The highest BCUT2D eigenvalue weighted by molar-refractivity contribution is 5.55. The van der Waals surface area contributed by atoms with Crippen molar-refractivity contribution < 1.29 is 4.84 Å². The lowest BCUT2D eigenvalue weighted by Gasteiger charge is -2.07. The Balaban J connectivity index is 2.17. The molecule has 0 radical (unpaired) electrons. The molecule has 1 aromatic rings. The molecule has 1 aliphatic heterocycles. The SMILES string of the molecule is C1=NOC(c2ccccc2)N1. The van der Waals surface area contributed by atoms with E-state index in [9.17, 15) is 0 Å². The third-order valence-electron chi connectivity index (χ3n) is 1.55. The minimum absolute atomic E-state index is 0.101. The predicted molar refractivity (Wildman–Crippen MR) is 41.9 cm³/mol. The van der Waals surface area contributed by atoms with Crippen molar-refractivity contribution in [3.8, 4) is 0 Å². The highest BCUT2D eigenvalue weighted by atomic mass is 16.7. The molecule has 0 spiro atoms. The van der Waals surface area contributed by atoms with Crippen molar-refractivity contribution in [2.45, 2.75) is 6.23 Å². The van der Waals surface area contributed by atoms with Crippen LogP contribution in [-0.4, -0.2) is 6.34 Å². The summed E-state index contributed by atoms with van der Waals surface area (Å²) in [6.45, 7) is 0. The molecule has 11 heavy (non-hydrogen) atoms. The first-order chi connectivity index (χ1) is 5.47. The minimum Gasteiger partial charge on any atom is -0.364 e. The number of hydrogen-bond donors (Lipinski definition) is 1. The van der Waals surface area contributed by atoms with Crippen LogP contribution in [0.5, 0.6) is 0 Å². The molecule has 1 aromatic carbocycles. The Morgan fingerprint density at radius 3 is 2.73 bits per heavy atom. The van der Waals surface area contributed by atoms with Gasteiger partial charge in [-0.2, -0.15) is 0 Å². The molecule has 0 aliphatic carbocycles. The van der Waals surface area contributed by atoms with Gasteiger partial charge in [-0.05, 0) is 0 Å². The highest BCUT2D eigenvalue weighted by Crippen LogP contribution is 2.15. The van der Waals surface area contributed by atoms with Gasteiger partial charge in [-0.1, -0.05) is 35.5 Å². The molecule has 1 N–H and O–H groups in total. The van der Waals surface area contributed by atoms with Crippen LogP contribution in [0.2, 0.25) is 0 Å². The molecule has 1 heterocycles. The molecule has 0 aromatic heterocycles. The number of oxime groups is 1. The lowest BCUT2D eigenvalue weighted by molar-refractivity contribution is 0.0729. The van der Waals surface area contributed by atoms with Gasteiger partial charge in [0.05, 0.1) is 0 Å². The average Bonchev–Trinajstić information content (AvgIpc) is 2.58. The van der Waals surface area contributed by atoms with E-state index >= 15 is 0 Å². The number of rotatable bonds is 1. The van der Waals surface area contributed by atoms with Gasteiger partial charge in [0.15, 0.2) is 0 Å². The summed E-state index contributed by atoms with van der Waals surface area (Å²) >= 11 is 0. The summed E-state index contributed by atoms with van der Waals surface area (Å²) in [6, 6.07) is 9.90. The fourth-order valence-corrected chi connectivity index (χ4v) is 1.00. The van der Waals surface area contributed by atoms with E-state index in [-0.39, 0.29) is 6.23 Å². The van der Waals surface area contributed by atoms with Gasteiger partial charge in [-0.15, -0.1) is 0 Å². The zero-order valence-electron chi connectivity index (χ0n) is 5.90. The molecule has 0 saturated heterocycles. The Morgan fingerprint density at radius 2 is 2.09 bits per heavy atom. The van der Waals surface area contributed by atoms with Crippen molar-refractivity contribution in [2.75, 3.05) is 0 Å². The molecule has 56 valence electrons. The summed E-state index contributed by atoms with van der Waals surface area (Å²) < 4.78 is 0. The first-order valence-electron chi connectivity index (χ1n) is 3.45. The molecular weight excluding hydrogens is 140 g/mol.